The number of rotatable bonds is 6. The highest BCUT2D eigenvalue weighted by atomic mass is 16.5. The van der Waals surface area contributed by atoms with Crippen LogP contribution in [0.2, 0.25) is 0 Å². The van der Waals surface area contributed by atoms with Crippen LogP contribution in [0.3, 0.4) is 0 Å². The monoisotopic (exact) mass is 313 g/mol. The Balaban J connectivity index is 1.74. The van der Waals surface area contributed by atoms with E-state index in [1.807, 2.05) is 38.1 Å². The van der Waals surface area contributed by atoms with E-state index in [1.54, 1.807) is 0 Å². The van der Waals surface area contributed by atoms with Gasteiger partial charge >= 0.3 is 0 Å². The van der Waals surface area contributed by atoms with E-state index in [0.717, 1.165) is 17.0 Å². The predicted octanol–water partition coefficient (Wildman–Crippen LogP) is 1.99. The first-order valence-corrected chi connectivity index (χ1v) is 7.64. The van der Waals surface area contributed by atoms with Crippen molar-refractivity contribution >= 4 is 11.7 Å². The number of hydrogen-bond donors (Lipinski definition) is 2. The lowest BCUT2D eigenvalue weighted by Gasteiger charge is -2.05. The average Bonchev–Trinajstić information content (AvgIpc) is 2.98. The van der Waals surface area contributed by atoms with Gasteiger partial charge in [-0.3, -0.25) is 9.89 Å². The summed E-state index contributed by atoms with van der Waals surface area (Å²) in [6, 6.07) is 9.35. The molecule has 2 aromatic heterocycles. The molecule has 0 saturated carbocycles. The number of aryl methyl sites for hydroxylation is 1. The summed E-state index contributed by atoms with van der Waals surface area (Å²) in [5, 5.41) is 6.07. The number of aromatic nitrogens is 4. The molecule has 120 valence electrons. The number of nitrogens with zero attached hydrogens (tertiary/aromatic N) is 3. The van der Waals surface area contributed by atoms with Crippen LogP contribution in [0.1, 0.15) is 25.1 Å². The van der Waals surface area contributed by atoms with Gasteiger partial charge in [0.2, 0.25) is 5.95 Å². The lowest BCUT2D eigenvalue weighted by Crippen LogP contribution is -2.15. The average molecular weight is 313 g/mol. The Kier molecular flexibility index (Phi) is 4.27. The van der Waals surface area contributed by atoms with Gasteiger partial charge in [0.15, 0.2) is 0 Å². The van der Waals surface area contributed by atoms with Crippen molar-refractivity contribution in [1.29, 1.82) is 0 Å². The molecule has 1 aromatic carbocycles. The van der Waals surface area contributed by atoms with Crippen molar-refractivity contribution in [3.8, 4) is 5.75 Å². The Labute approximate surface area is 133 Å². The number of ether oxygens (including phenoxy) is 1. The van der Waals surface area contributed by atoms with Crippen LogP contribution < -0.4 is 15.6 Å². The van der Waals surface area contributed by atoms with Gasteiger partial charge in [-0.05, 0) is 31.0 Å². The number of fused-ring (bicyclic) bond motifs is 1. The molecule has 0 amide bonds. The number of nitrogens with one attached hydrogen (secondary N) is 2. The normalized spacial score (nSPS) is 10.9. The summed E-state index contributed by atoms with van der Waals surface area (Å²) in [5.74, 6) is 1.74. The lowest BCUT2D eigenvalue weighted by atomic mass is 10.2. The van der Waals surface area contributed by atoms with Gasteiger partial charge < -0.3 is 10.1 Å². The minimum absolute atomic E-state index is 0.159. The number of hydrogen-bond acceptors (Lipinski definition) is 5. The summed E-state index contributed by atoms with van der Waals surface area (Å²) in [5.41, 5.74) is 1.66. The second kappa shape index (κ2) is 6.51. The van der Waals surface area contributed by atoms with Crippen LogP contribution >= 0.6 is 0 Å². The molecule has 0 aliphatic carbocycles. The molecule has 0 aliphatic heterocycles. The highest BCUT2D eigenvalue weighted by Crippen LogP contribution is 2.13. The summed E-state index contributed by atoms with van der Waals surface area (Å²) in [7, 11) is 0. The molecular weight excluding hydrogens is 294 g/mol. The van der Waals surface area contributed by atoms with Crippen LogP contribution in [-0.4, -0.2) is 26.2 Å². The fourth-order valence-electron chi connectivity index (χ4n) is 2.24. The van der Waals surface area contributed by atoms with Crippen LogP contribution in [0.4, 0.5) is 5.95 Å². The number of benzene rings is 1. The Morgan fingerprint density at radius 1 is 1.22 bits per heavy atom. The summed E-state index contributed by atoms with van der Waals surface area (Å²) < 4.78 is 6.75. The maximum atomic E-state index is 12.0. The molecule has 0 atom stereocenters. The molecule has 7 heteroatoms. The molecule has 0 saturated heterocycles. The highest BCUT2D eigenvalue weighted by Gasteiger charge is 2.07. The van der Waals surface area contributed by atoms with E-state index in [9.17, 15) is 4.79 Å². The first-order valence-electron chi connectivity index (χ1n) is 7.64. The van der Waals surface area contributed by atoms with Crippen LogP contribution in [0, 0.1) is 0 Å². The topological polar surface area (TPSA) is 84.3 Å². The Morgan fingerprint density at radius 3 is 2.70 bits per heavy atom. The minimum atomic E-state index is -0.159. The first kappa shape index (κ1) is 15.1. The van der Waals surface area contributed by atoms with Crippen LogP contribution in [0.5, 0.6) is 5.75 Å². The molecule has 3 rings (SSSR count). The van der Waals surface area contributed by atoms with Crippen molar-refractivity contribution in [3.05, 3.63) is 51.9 Å². The standard InChI is InChI=1S/C16H19N5O2/c1-3-12-9-14(22)21-16(18-12)19-15(20-21)17-10-11-5-7-13(8-6-11)23-4-2/h5-9H,3-4,10H2,1-2H3,(H2,17,18,19,20). The van der Waals surface area contributed by atoms with Crippen LogP contribution in [0.15, 0.2) is 35.1 Å². The third-order valence-electron chi connectivity index (χ3n) is 3.44. The lowest BCUT2D eigenvalue weighted by molar-refractivity contribution is 0.340. The van der Waals surface area contributed by atoms with Crippen molar-refractivity contribution in [1.82, 2.24) is 19.6 Å². The molecule has 0 fully saturated rings. The zero-order chi connectivity index (χ0) is 16.2. The van der Waals surface area contributed by atoms with Crippen LogP contribution in [-0.2, 0) is 13.0 Å². The van der Waals surface area contributed by atoms with E-state index >= 15 is 0 Å². The van der Waals surface area contributed by atoms with Gasteiger partial charge in [0.05, 0.1) is 6.61 Å². The van der Waals surface area contributed by atoms with Crippen molar-refractivity contribution in [2.75, 3.05) is 11.9 Å². The molecule has 2 N–H and O–H groups in total. The largest absolute Gasteiger partial charge is 0.494 e. The minimum Gasteiger partial charge on any atom is -0.494 e. The molecule has 0 radical (unpaired) electrons. The fourth-order valence-corrected chi connectivity index (χ4v) is 2.24. The van der Waals surface area contributed by atoms with Crippen LogP contribution in [0.25, 0.3) is 5.78 Å². The van der Waals surface area contributed by atoms with Gasteiger partial charge in [-0.25, -0.2) is 4.98 Å². The molecule has 7 nitrogen and oxygen atoms in total. The molecule has 2 heterocycles. The second-order valence-electron chi connectivity index (χ2n) is 5.08. The SMILES string of the molecule is CCOc1ccc(CNc2nc3nc(CC)cc(=O)n3[nH]2)cc1. The Morgan fingerprint density at radius 2 is 2.00 bits per heavy atom. The van der Waals surface area contributed by atoms with Gasteiger partial charge in [0, 0.05) is 18.3 Å². The predicted molar refractivity (Wildman–Crippen MR) is 87.9 cm³/mol. The summed E-state index contributed by atoms with van der Waals surface area (Å²) in [4.78, 5) is 20.6. The maximum absolute atomic E-state index is 12.0. The highest BCUT2D eigenvalue weighted by molar-refractivity contribution is 5.38. The summed E-state index contributed by atoms with van der Waals surface area (Å²) in [6.45, 7) is 5.15. The van der Waals surface area contributed by atoms with E-state index in [0.29, 0.717) is 31.3 Å². The molecule has 0 unspecified atom stereocenters. The van der Waals surface area contributed by atoms with Crippen molar-refractivity contribution in [2.45, 2.75) is 26.8 Å². The zero-order valence-electron chi connectivity index (χ0n) is 13.2. The quantitative estimate of drug-likeness (QED) is 0.727. The molecule has 3 aromatic rings. The van der Waals surface area contributed by atoms with Gasteiger partial charge in [-0.1, -0.05) is 19.1 Å². The molecule has 0 bridgehead atoms. The Bertz CT molecular complexity index is 851. The summed E-state index contributed by atoms with van der Waals surface area (Å²) >= 11 is 0. The molecule has 0 spiro atoms. The van der Waals surface area contributed by atoms with E-state index in [4.69, 9.17) is 4.74 Å². The third kappa shape index (κ3) is 3.33. The zero-order valence-corrected chi connectivity index (χ0v) is 13.2. The molecular formula is C16H19N5O2. The van der Waals surface area contributed by atoms with E-state index in [1.165, 1.54) is 10.6 Å². The number of anilines is 1. The number of H-pyrrole nitrogens is 1. The van der Waals surface area contributed by atoms with E-state index < -0.39 is 0 Å². The van der Waals surface area contributed by atoms with Crippen molar-refractivity contribution in [2.24, 2.45) is 0 Å². The van der Waals surface area contributed by atoms with Gasteiger partial charge in [0.25, 0.3) is 11.3 Å². The van der Waals surface area contributed by atoms with Crippen molar-refractivity contribution < 1.29 is 4.74 Å². The third-order valence-corrected chi connectivity index (χ3v) is 3.44. The second-order valence-corrected chi connectivity index (χ2v) is 5.08. The van der Waals surface area contributed by atoms with Gasteiger partial charge in [-0.2, -0.15) is 9.50 Å². The van der Waals surface area contributed by atoms with Gasteiger partial charge in [-0.15, -0.1) is 0 Å². The van der Waals surface area contributed by atoms with E-state index in [2.05, 4.69) is 20.4 Å². The summed E-state index contributed by atoms with van der Waals surface area (Å²) in [6.07, 6.45) is 0.702. The number of aromatic amines is 1. The molecule has 23 heavy (non-hydrogen) atoms. The molecule has 0 aliphatic rings. The van der Waals surface area contributed by atoms with Crippen molar-refractivity contribution in [3.63, 3.8) is 0 Å². The Hall–Kier alpha value is -2.83. The maximum Gasteiger partial charge on any atom is 0.274 e. The van der Waals surface area contributed by atoms with Gasteiger partial charge in [0.1, 0.15) is 5.75 Å². The fraction of sp³-hybridized carbons (Fsp3) is 0.312. The first-order chi connectivity index (χ1) is 11.2. The smallest absolute Gasteiger partial charge is 0.274 e. The van der Waals surface area contributed by atoms with E-state index in [-0.39, 0.29) is 5.56 Å².